The molecule has 0 saturated carbocycles. The van der Waals surface area contributed by atoms with Gasteiger partial charge in [0.05, 0.1) is 38.8 Å². The summed E-state index contributed by atoms with van der Waals surface area (Å²) in [6, 6.07) is 90.4. The minimum atomic E-state index is 0.564. The third-order valence-corrected chi connectivity index (χ3v) is 16.7. The van der Waals surface area contributed by atoms with Gasteiger partial charge in [-0.3, -0.25) is 13.7 Å². The number of benzene rings is 10. The van der Waals surface area contributed by atoms with Crippen molar-refractivity contribution in [3.05, 3.63) is 273 Å². The maximum Gasteiger partial charge on any atom is 0.238 e. The standard InChI is InChI=1S/C38H24N6.C34H21N3S/c1-3-13-25(14-4-1)36-40-37(26-15-5-2-6-16-26)42-38(41-36)44-32-20-10-8-18-28(32)30-23-22-29-27-17-7-9-19-31(27)43(34(29)35(30)44)33-21-11-12-24-39-33;1-3-9-22(10-4-1)24-15-17-29-27(21-24)32-30(18-16-26-25-13-7-8-14-31(25)38-33(26)32)37(29)34-35-20-19-28(36-34)23-11-5-2-6-12-23/h1-24H;1-21H. The second kappa shape index (κ2) is 19.5. The Morgan fingerprint density at radius 1 is 0.293 bits per heavy atom. The molecule has 7 aromatic heterocycles. The SMILES string of the molecule is c1ccc(-c2ccc3c(c2)c2c4sc5ccccc5c4ccc2n3-c2nccc(-c3ccccc3)n2)cc1.c1ccc(-c2nc(-c3ccccc3)nc(-n3c4ccccc4c4ccc5c6ccccc6n(-c6ccccn6)c5c43)n2)cc1. The zero-order valence-electron chi connectivity index (χ0n) is 43.9. The lowest BCUT2D eigenvalue weighted by atomic mass is 10.0. The Morgan fingerprint density at radius 3 is 1.49 bits per heavy atom. The van der Waals surface area contributed by atoms with Crippen LogP contribution in [-0.2, 0) is 0 Å². The van der Waals surface area contributed by atoms with Gasteiger partial charge in [-0.05, 0) is 65.7 Å². The van der Waals surface area contributed by atoms with Gasteiger partial charge in [0, 0.05) is 81.6 Å². The van der Waals surface area contributed by atoms with Crippen LogP contribution in [0.1, 0.15) is 0 Å². The topological polar surface area (TPSA) is 92.1 Å². The summed E-state index contributed by atoms with van der Waals surface area (Å²) < 4.78 is 9.29. The lowest BCUT2D eigenvalue weighted by molar-refractivity contribution is 0.952. The van der Waals surface area contributed by atoms with E-state index < -0.39 is 0 Å². The average molecular weight is 1070 g/mol. The molecule has 17 aromatic rings. The van der Waals surface area contributed by atoms with Crippen LogP contribution in [0.15, 0.2) is 273 Å². The monoisotopic (exact) mass is 1070 g/mol. The fraction of sp³-hybridized carbons (Fsp3) is 0. The molecule has 0 aliphatic heterocycles. The zero-order chi connectivity index (χ0) is 54.1. The van der Waals surface area contributed by atoms with E-state index in [9.17, 15) is 0 Å². The molecule has 9 nitrogen and oxygen atoms in total. The average Bonchev–Trinajstić information content (AvgIpc) is 4.12. The Morgan fingerprint density at radius 2 is 0.829 bits per heavy atom. The van der Waals surface area contributed by atoms with Crippen molar-refractivity contribution in [1.82, 2.24) is 43.6 Å². The molecular formula is C72H45N9S. The van der Waals surface area contributed by atoms with Crippen molar-refractivity contribution in [3.8, 4) is 62.9 Å². The summed E-state index contributed by atoms with van der Waals surface area (Å²) in [4.78, 5) is 29.9. The molecule has 0 bridgehead atoms. The first kappa shape index (κ1) is 47.1. The minimum Gasteiger partial charge on any atom is -0.292 e. The number of fused-ring (bicyclic) bond motifs is 14. The second-order valence-electron chi connectivity index (χ2n) is 20.2. The van der Waals surface area contributed by atoms with Crippen LogP contribution in [0.25, 0.3) is 148 Å². The number of hydrogen-bond donors (Lipinski definition) is 0. The van der Waals surface area contributed by atoms with E-state index in [1.54, 1.807) is 0 Å². The molecule has 0 spiro atoms. The summed E-state index contributed by atoms with van der Waals surface area (Å²) in [6.45, 7) is 0. The van der Waals surface area contributed by atoms with Crippen LogP contribution in [0.4, 0.5) is 0 Å². The van der Waals surface area contributed by atoms with E-state index in [4.69, 9.17) is 29.9 Å². The van der Waals surface area contributed by atoms with E-state index in [1.807, 2.05) is 121 Å². The molecule has 10 aromatic carbocycles. The fourth-order valence-corrected chi connectivity index (χ4v) is 13.1. The van der Waals surface area contributed by atoms with E-state index in [0.29, 0.717) is 23.5 Å². The molecule has 0 aliphatic rings. The first-order valence-corrected chi connectivity index (χ1v) is 28.1. The quantitative estimate of drug-likeness (QED) is 0.158. The van der Waals surface area contributed by atoms with Crippen LogP contribution in [0.3, 0.4) is 0 Å². The van der Waals surface area contributed by atoms with Gasteiger partial charge >= 0.3 is 0 Å². The van der Waals surface area contributed by atoms with Gasteiger partial charge in [0.2, 0.25) is 11.9 Å². The number of rotatable bonds is 7. The van der Waals surface area contributed by atoms with Gasteiger partial charge in [0.25, 0.3) is 0 Å². The molecule has 0 radical (unpaired) electrons. The third-order valence-electron chi connectivity index (χ3n) is 15.5. The van der Waals surface area contributed by atoms with Gasteiger partial charge in [-0.15, -0.1) is 11.3 Å². The van der Waals surface area contributed by atoms with Crippen LogP contribution < -0.4 is 0 Å². The maximum absolute atomic E-state index is 5.15. The van der Waals surface area contributed by atoms with E-state index in [0.717, 1.165) is 82.8 Å². The summed E-state index contributed by atoms with van der Waals surface area (Å²) in [5, 5.41) is 9.62. The number of para-hydroxylation sites is 2. The van der Waals surface area contributed by atoms with Crippen molar-refractivity contribution in [2.45, 2.75) is 0 Å². The van der Waals surface area contributed by atoms with Crippen LogP contribution in [-0.4, -0.2) is 43.6 Å². The second-order valence-corrected chi connectivity index (χ2v) is 21.3. The van der Waals surface area contributed by atoms with E-state index in [1.165, 1.54) is 42.1 Å². The molecule has 0 saturated heterocycles. The minimum absolute atomic E-state index is 0.564. The lowest BCUT2D eigenvalue weighted by Gasteiger charge is -2.13. The van der Waals surface area contributed by atoms with E-state index >= 15 is 0 Å². The lowest BCUT2D eigenvalue weighted by Crippen LogP contribution is -2.07. The highest BCUT2D eigenvalue weighted by Crippen LogP contribution is 2.45. The first-order chi connectivity index (χ1) is 40.7. The van der Waals surface area contributed by atoms with Crippen LogP contribution >= 0.6 is 11.3 Å². The van der Waals surface area contributed by atoms with Crippen LogP contribution in [0, 0.1) is 0 Å². The maximum atomic E-state index is 5.15. The Balaban J connectivity index is 0.000000136. The Labute approximate surface area is 474 Å². The highest BCUT2D eigenvalue weighted by Gasteiger charge is 2.25. The molecular weight excluding hydrogens is 1020 g/mol. The highest BCUT2D eigenvalue weighted by atomic mass is 32.1. The molecule has 384 valence electrons. The summed E-state index contributed by atoms with van der Waals surface area (Å²) in [5.41, 5.74) is 12.7. The Kier molecular flexibility index (Phi) is 11.2. The van der Waals surface area contributed by atoms with Gasteiger partial charge in [-0.25, -0.2) is 19.9 Å². The molecule has 82 heavy (non-hydrogen) atoms. The fourth-order valence-electron chi connectivity index (χ4n) is 11.9. The van der Waals surface area contributed by atoms with E-state index in [-0.39, 0.29) is 0 Å². The molecule has 0 unspecified atom stereocenters. The number of aromatic nitrogens is 9. The predicted molar refractivity (Wildman–Crippen MR) is 337 cm³/mol. The Bertz CT molecular complexity index is 5210. The molecule has 0 aliphatic carbocycles. The van der Waals surface area contributed by atoms with Crippen LogP contribution in [0.5, 0.6) is 0 Å². The van der Waals surface area contributed by atoms with Gasteiger partial charge < -0.3 is 0 Å². The Hall–Kier alpha value is -10.9. The smallest absolute Gasteiger partial charge is 0.238 e. The number of nitrogens with zero attached hydrogens (tertiary/aromatic N) is 9. The van der Waals surface area contributed by atoms with E-state index in [2.05, 4.69) is 177 Å². The van der Waals surface area contributed by atoms with Crippen molar-refractivity contribution in [3.63, 3.8) is 0 Å². The van der Waals surface area contributed by atoms with Gasteiger partial charge in [-0.1, -0.05) is 206 Å². The van der Waals surface area contributed by atoms with Crippen LogP contribution in [0.2, 0.25) is 0 Å². The molecule has 0 N–H and O–H groups in total. The zero-order valence-corrected chi connectivity index (χ0v) is 44.7. The molecule has 0 fully saturated rings. The molecule has 0 amide bonds. The molecule has 17 rings (SSSR count). The van der Waals surface area contributed by atoms with Crippen molar-refractivity contribution < 1.29 is 0 Å². The van der Waals surface area contributed by atoms with Crippen molar-refractivity contribution >= 4 is 96.9 Å². The summed E-state index contributed by atoms with van der Waals surface area (Å²) in [6.07, 6.45) is 3.70. The first-order valence-electron chi connectivity index (χ1n) is 27.3. The number of pyridine rings is 1. The normalized spacial score (nSPS) is 11.7. The summed E-state index contributed by atoms with van der Waals surface area (Å²) >= 11 is 1.86. The van der Waals surface area contributed by atoms with Crippen molar-refractivity contribution in [2.75, 3.05) is 0 Å². The largest absolute Gasteiger partial charge is 0.292 e. The van der Waals surface area contributed by atoms with Gasteiger partial charge in [0.15, 0.2) is 11.6 Å². The van der Waals surface area contributed by atoms with Gasteiger partial charge in [0.1, 0.15) is 5.82 Å². The molecule has 10 heteroatoms. The molecule has 0 atom stereocenters. The molecule has 7 heterocycles. The number of hydrogen-bond acceptors (Lipinski definition) is 7. The number of thiophene rings is 1. The van der Waals surface area contributed by atoms with Crippen molar-refractivity contribution in [2.24, 2.45) is 0 Å². The summed E-state index contributed by atoms with van der Waals surface area (Å²) in [5.74, 6) is 3.35. The highest BCUT2D eigenvalue weighted by molar-refractivity contribution is 7.26. The summed E-state index contributed by atoms with van der Waals surface area (Å²) in [7, 11) is 0. The van der Waals surface area contributed by atoms with Gasteiger partial charge in [-0.2, -0.15) is 9.97 Å². The predicted octanol–water partition coefficient (Wildman–Crippen LogP) is 18.1. The third kappa shape index (κ3) is 7.76. The van der Waals surface area contributed by atoms with Crippen molar-refractivity contribution in [1.29, 1.82) is 0 Å².